The van der Waals surface area contributed by atoms with Crippen molar-refractivity contribution in [1.29, 1.82) is 0 Å². The molecular weight excluding hydrogens is 717 g/mol. The molecule has 0 bridgehead atoms. The molecule has 22 heteroatoms. The van der Waals surface area contributed by atoms with Gasteiger partial charge in [0.2, 0.25) is 5.91 Å². The van der Waals surface area contributed by atoms with E-state index in [4.69, 9.17) is 34.4 Å². The van der Waals surface area contributed by atoms with E-state index in [1.165, 1.54) is 11.1 Å². The Balaban J connectivity index is 0.000000505. The smallest absolute Gasteiger partial charge is 0.490 e. The summed E-state index contributed by atoms with van der Waals surface area (Å²) < 4.78 is 101. The summed E-state index contributed by atoms with van der Waals surface area (Å²) >= 11 is 0. The highest BCUT2D eigenvalue weighted by atomic mass is 19.4. The molecule has 13 nitrogen and oxygen atoms in total. The molecule has 2 aromatic carbocycles. The number of nitrogens with one attached hydrogen (secondary N) is 3. The number of alkyl halides is 9. The molecule has 1 amide bonds. The number of amides is 1. The summed E-state index contributed by atoms with van der Waals surface area (Å²) in [4.78, 5) is 41.7. The van der Waals surface area contributed by atoms with Gasteiger partial charge in [0.25, 0.3) is 0 Å². The number of carboxylic acid groups (broad SMARTS) is 3. The number of ether oxygens (including phenoxy) is 1. The van der Waals surface area contributed by atoms with Crippen molar-refractivity contribution in [1.82, 2.24) is 20.4 Å². The van der Waals surface area contributed by atoms with Gasteiger partial charge >= 0.3 is 36.4 Å². The van der Waals surface area contributed by atoms with Crippen molar-refractivity contribution in [2.45, 2.75) is 37.5 Å². The minimum atomic E-state index is -5.08. The zero-order valence-corrected chi connectivity index (χ0v) is 26.3. The fourth-order valence-electron chi connectivity index (χ4n) is 3.53. The number of aliphatic carboxylic acids is 3. The van der Waals surface area contributed by atoms with Crippen molar-refractivity contribution in [3.63, 3.8) is 0 Å². The fourth-order valence-corrected chi connectivity index (χ4v) is 3.53. The minimum absolute atomic E-state index is 0.0574. The molecule has 0 aliphatic carbocycles. The van der Waals surface area contributed by atoms with E-state index in [2.05, 4.69) is 37.9 Å². The SMILES string of the molecule is CN(C)CCOc1cc(-c2cn[nH]c2)ccc1NC(=O)[C@@H]1Cc2ccccc2CN1.O=C(O)C(F)(F)F.O=C(O)C(F)(F)F.O=C(O)C(F)(F)F. The van der Waals surface area contributed by atoms with Gasteiger partial charge in [0, 0.05) is 24.8 Å². The molecule has 51 heavy (non-hydrogen) atoms. The molecule has 1 aliphatic rings. The predicted molar refractivity (Wildman–Crippen MR) is 159 cm³/mol. The third kappa shape index (κ3) is 16.3. The number of hydrogen-bond donors (Lipinski definition) is 6. The first kappa shape index (κ1) is 43.6. The Morgan fingerprint density at radius 2 is 1.35 bits per heavy atom. The topological polar surface area (TPSA) is 194 Å². The molecule has 0 spiro atoms. The Morgan fingerprint density at radius 3 is 1.80 bits per heavy atom. The Morgan fingerprint density at radius 1 is 0.843 bits per heavy atom. The number of fused-ring (bicyclic) bond motifs is 1. The number of aromatic amines is 1. The molecular formula is C29H30F9N5O8. The first-order valence-corrected chi connectivity index (χ1v) is 13.9. The molecule has 0 saturated heterocycles. The van der Waals surface area contributed by atoms with Gasteiger partial charge < -0.3 is 35.6 Å². The van der Waals surface area contributed by atoms with Crippen LogP contribution in [0.3, 0.4) is 0 Å². The fraction of sp³-hybridized carbons (Fsp3) is 0.345. The van der Waals surface area contributed by atoms with Gasteiger partial charge in [-0.05, 0) is 49.3 Å². The average molecular weight is 748 g/mol. The van der Waals surface area contributed by atoms with Crippen molar-refractivity contribution >= 4 is 29.5 Å². The van der Waals surface area contributed by atoms with Crippen LogP contribution in [-0.2, 0) is 32.1 Å². The summed E-state index contributed by atoms with van der Waals surface area (Å²) in [5, 5.41) is 34.6. The molecule has 0 unspecified atom stereocenters. The summed E-state index contributed by atoms with van der Waals surface area (Å²) in [6, 6.07) is 13.8. The predicted octanol–water partition coefficient (Wildman–Crippen LogP) is 4.57. The highest BCUT2D eigenvalue weighted by Gasteiger charge is 2.39. The first-order chi connectivity index (χ1) is 23.4. The lowest BCUT2D eigenvalue weighted by molar-refractivity contribution is -0.193. The number of carboxylic acids is 3. The van der Waals surface area contributed by atoms with Crippen LogP contribution in [0.5, 0.6) is 5.75 Å². The van der Waals surface area contributed by atoms with E-state index in [0.29, 0.717) is 31.0 Å². The molecule has 1 aromatic heterocycles. The van der Waals surface area contributed by atoms with Crippen LogP contribution in [0.2, 0.25) is 0 Å². The highest BCUT2D eigenvalue weighted by Crippen LogP contribution is 2.31. The van der Waals surface area contributed by atoms with E-state index in [-0.39, 0.29) is 11.9 Å². The molecule has 282 valence electrons. The number of halogens is 9. The van der Waals surface area contributed by atoms with Gasteiger partial charge in [-0.2, -0.15) is 44.6 Å². The second-order valence-corrected chi connectivity index (χ2v) is 10.2. The molecule has 0 fully saturated rings. The molecule has 0 saturated carbocycles. The molecule has 1 atom stereocenters. The van der Waals surface area contributed by atoms with Crippen LogP contribution < -0.4 is 15.4 Å². The van der Waals surface area contributed by atoms with Crippen molar-refractivity contribution in [3.8, 4) is 16.9 Å². The summed E-state index contributed by atoms with van der Waals surface area (Å²) in [6.45, 7) is 2.00. The lowest BCUT2D eigenvalue weighted by atomic mass is 9.95. The van der Waals surface area contributed by atoms with Crippen molar-refractivity contribution < 1.29 is 78.7 Å². The molecule has 0 radical (unpaired) electrons. The van der Waals surface area contributed by atoms with E-state index in [1.807, 2.05) is 50.6 Å². The Hall–Kier alpha value is -5.38. The third-order valence-electron chi connectivity index (χ3n) is 5.99. The normalized spacial score (nSPS) is 13.8. The van der Waals surface area contributed by atoms with Gasteiger partial charge in [-0.25, -0.2) is 14.4 Å². The van der Waals surface area contributed by atoms with Crippen LogP contribution in [0.15, 0.2) is 54.9 Å². The summed E-state index contributed by atoms with van der Waals surface area (Å²) in [6.07, 6.45) is -11.0. The number of carbonyl (C=O) groups excluding carboxylic acids is 1. The van der Waals surface area contributed by atoms with Gasteiger partial charge in [0.05, 0.1) is 17.9 Å². The minimum Gasteiger partial charge on any atom is -0.490 e. The quantitative estimate of drug-likeness (QED) is 0.186. The number of hydrogen-bond acceptors (Lipinski definition) is 8. The summed E-state index contributed by atoms with van der Waals surface area (Å²) in [5.41, 5.74) is 5.08. The van der Waals surface area contributed by atoms with Crippen LogP contribution in [0, 0.1) is 0 Å². The van der Waals surface area contributed by atoms with Gasteiger partial charge in [-0.1, -0.05) is 30.3 Å². The summed E-state index contributed by atoms with van der Waals surface area (Å²) in [7, 11) is 4.00. The second-order valence-electron chi connectivity index (χ2n) is 10.2. The summed E-state index contributed by atoms with van der Waals surface area (Å²) in [5.74, 6) is -7.68. The zero-order valence-electron chi connectivity index (χ0n) is 26.3. The van der Waals surface area contributed by atoms with E-state index in [1.54, 1.807) is 6.20 Å². The van der Waals surface area contributed by atoms with Crippen LogP contribution in [0.25, 0.3) is 11.1 Å². The Bertz CT molecular complexity index is 1540. The Labute approximate surface area is 282 Å². The van der Waals surface area contributed by atoms with Crippen molar-refractivity contribution in [2.24, 2.45) is 0 Å². The first-order valence-electron chi connectivity index (χ1n) is 13.9. The van der Waals surface area contributed by atoms with Crippen LogP contribution in [0.4, 0.5) is 45.2 Å². The monoisotopic (exact) mass is 747 g/mol. The lowest BCUT2D eigenvalue weighted by Gasteiger charge is -2.25. The lowest BCUT2D eigenvalue weighted by Crippen LogP contribution is -2.44. The second kappa shape index (κ2) is 19.1. The van der Waals surface area contributed by atoms with Crippen molar-refractivity contribution in [2.75, 3.05) is 32.6 Å². The maximum absolute atomic E-state index is 13.0. The van der Waals surface area contributed by atoms with E-state index in [0.717, 1.165) is 17.7 Å². The largest absolute Gasteiger partial charge is 0.490 e. The van der Waals surface area contributed by atoms with E-state index in [9.17, 15) is 44.3 Å². The standard InChI is InChI=1S/C23H27N5O2.3C2HF3O2/c1-28(2)9-10-30-22-12-17(19-14-25-26-15-19)7-8-20(22)27-23(29)21-11-16-5-3-4-6-18(16)13-24-21;3*3-2(4,5)1(6)7/h3-8,12,14-15,21,24H,9-11,13H2,1-2H3,(H,25,26)(H,27,29);3*(H,6,7)/t21-;;;/m0.../s1. The number of carbonyl (C=O) groups is 4. The molecule has 3 aromatic rings. The maximum Gasteiger partial charge on any atom is 0.490 e. The van der Waals surface area contributed by atoms with Crippen LogP contribution >= 0.6 is 0 Å². The molecule has 6 N–H and O–H groups in total. The number of likely N-dealkylation sites (N-methyl/N-ethyl adjacent to an activating group) is 1. The molecule has 2 heterocycles. The van der Waals surface area contributed by atoms with E-state index >= 15 is 0 Å². The number of benzene rings is 2. The molecule has 1 aliphatic heterocycles. The third-order valence-corrected chi connectivity index (χ3v) is 5.99. The van der Waals surface area contributed by atoms with Gasteiger partial charge in [-0.15, -0.1) is 0 Å². The van der Waals surface area contributed by atoms with Crippen LogP contribution in [-0.4, -0.2) is 106 Å². The Kier molecular flexibility index (Phi) is 16.4. The number of aromatic nitrogens is 2. The zero-order chi connectivity index (χ0) is 39.2. The van der Waals surface area contributed by atoms with Crippen LogP contribution in [0.1, 0.15) is 11.1 Å². The van der Waals surface area contributed by atoms with Gasteiger partial charge in [0.1, 0.15) is 12.4 Å². The van der Waals surface area contributed by atoms with Crippen molar-refractivity contribution in [3.05, 3.63) is 66.0 Å². The number of anilines is 1. The van der Waals surface area contributed by atoms with Gasteiger partial charge in [-0.3, -0.25) is 9.89 Å². The van der Waals surface area contributed by atoms with E-state index < -0.39 is 36.4 Å². The highest BCUT2D eigenvalue weighted by molar-refractivity contribution is 5.97. The number of rotatable bonds is 7. The molecule has 4 rings (SSSR count). The van der Waals surface area contributed by atoms with Gasteiger partial charge in [0.15, 0.2) is 0 Å². The maximum atomic E-state index is 13.0. The number of H-pyrrole nitrogens is 1. The average Bonchev–Trinajstić information content (AvgIpc) is 3.56. The number of nitrogens with zero attached hydrogens (tertiary/aromatic N) is 2.